The number of fused-ring (bicyclic) bond motifs is 2. The monoisotopic (exact) mass is 724 g/mol. The van der Waals surface area contributed by atoms with Gasteiger partial charge in [-0.2, -0.15) is 0 Å². The van der Waals surface area contributed by atoms with E-state index in [0.717, 1.165) is 27.5 Å². The molecule has 0 amide bonds. The molecule has 4 aromatic carbocycles. The lowest BCUT2D eigenvalue weighted by Gasteiger charge is -2.06. The van der Waals surface area contributed by atoms with E-state index >= 15 is 0 Å². The summed E-state index contributed by atoms with van der Waals surface area (Å²) in [7, 11) is -7.15. The lowest BCUT2D eigenvalue weighted by Crippen LogP contribution is -2.05. The number of H-pyrrole nitrogens is 2. The van der Waals surface area contributed by atoms with E-state index in [2.05, 4.69) is 20.0 Å². The van der Waals surface area contributed by atoms with Gasteiger partial charge in [0.2, 0.25) is 19.7 Å². The van der Waals surface area contributed by atoms with Gasteiger partial charge >= 0.3 is 0 Å². The maximum absolute atomic E-state index is 12.9. The maximum atomic E-state index is 12.9. The molecule has 260 valence electrons. The zero-order valence-electron chi connectivity index (χ0n) is 26.2. The summed E-state index contributed by atoms with van der Waals surface area (Å²) < 4.78 is 51.4. The highest BCUT2D eigenvalue weighted by molar-refractivity contribution is 7.92. The SMILES string of the molecule is C.CCO.Cl.NCCc1cccc2[nH]cc(S(=O)(=O)c3ccccc3)c12.[N-]=[N+]=NCCc1cccc2[nH]cc(S(=O)(=O)c3ccccc3)c12. The van der Waals surface area contributed by atoms with E-state index in [0.29, 0.717) is 34.6 Å². The minimum atomic E-state index is -3.61. The summed E-state index contributed by atoms with van der Waals surface area (Å²) in [5.74, 6) is 0. The Morgan fingerprint density at radius 3 is 1.51 bits per heavy atom. The summed E-state index contributed by atoms with van der Waals surface area (Å²) in [5.41, 5.74) is 17.4. The topological polar surface area (TPSA) is 195 Å². The van der Waals surface area contributed by atoms with Gasteiger partial charge in [0.1, 0.15) is 0 Å². The predicted octanol–water partition coefficient (Wildman–Crippen LogP) is 7.41. The van der Waals surface area contributed by atoms with Crippen molar-refractivity contribution in [1.82, 2.24) is 9.97 Å². The number of aromatic nitrogens is 2. The van der Waals surface area contributed by atoms with Crippen molar-refractivity contribution in [2.75, 3.05) is 19.7 Å². The zero-order chi connectivity index (χ0) is 33.9. The smallest absolute Gasteiger partial charge is 0.208 e. The number of nitrogens with two attached hydrogens (primary N) is 1. The quantitative estimate of drug-likeness (QED) is 0.0680. The van der Waals surface area contributed by atoms with Gasteiger partial charge in [0, 0.05) is 52.3 Å². The van der Waals surface area contributed by atoms with Crippen LogP contribution in [0, 0.1) is 0 Å². The number of azide groups is 1. The van der Waals surface area contributed by atoms with Crippen molar-refractivity contribution in [2.24, 2.45) is 10.8 Å². The van der Waals surface area contributed by atoms with Crippen molar-refractivity contribution in [3.63, 3.8) is 0 Å². The number of aliphatic hydroxyl groups excluding tert-OH is 1. The van der Waals surface area contributed by atoms with Gasteiger partial charge in [0.05, 0.1) is 19.6 Å². The van der Waals surface area contributed by atoms with E-state index < -0.39 is 19.7 Å². The molecule has 0 unspecified atom stereocenters. The number of aliphatic hydroxyl groups is 1. The minimum Gasteiger partial charge on any atom is -0.397 e. The Morgan fingerprint density at radius 1 is 0.714 bits per heavy atom. The summed E-state index contributed by atoms with van der Waals surface area (Å²) in [5, 5.41) is 12.5. The van der Waals surface area contributed by atoms with Gasteiger partial charge in [0.15, 0.2) is 0 Å². The Bertz CT molecular complexity index is 2200. The summed E-state index contributed by atoms with van der Waals surface area (Å²) in [6.07, 6.45) is 4.21. The lowest BCUT2D eigenvalue weighted by atomic mass is 10.1. The largest absolute Gasteiger partial charge is 0.397 e. The van der Waals surface area contributed by atoms with E-state index in [9.17, 15) is 16.8 Å². The Hall–Kier alpha value is -4.62. The van der Waals surface area contributed by atoms with Crippen molar-refractivity contribution in [2.45, 2.75) is 46.8 Å². The van der Waals surface area contributed by atoms with Crippen LogP contribution in [0.2, 0.25) is 0 Å². The number of halogens is 1. The number of nitrogens with zero attached hydrogens (tertiary/aromatic N) is 3. The number of nitrogens with one attached hydrogen (secondary N) is 2. The van der Waals surface area contributed by atoms with Crippen LogP contribution in [-0.4, -0.2) is 51.6 Å². The van der Waals surface area contributed by atoms with Crippen molar-refractivity contribution >= 4 is 53.9 Å². The van der Waals surface area contributed by atoms with Crippen LogP contribution in [0.5, 0.6) is 0 Å². The third-order valence-corrected chi connectivity index (χ3v) is 10.7. The van der Waals surface area contributed by atoms with E-state index in [-0.39, 0.29) is 42.8 Å². The summed E-state index contributed by atoms with van der Waals surface area (Å²) in [4.78, 5) is 9.90. The molecular formula is C35H41ClN6O5S2. The summed E-state index contributed by atoms with van der Waals surface area (Å²) >= 11 is 0. The van der Waals surface area contributed by atoms with E-state index in [1.807, 2.05) is 36.4 Å². The van der Waals surface area contributed by atoms with Crippen molar-refractivity contribution in [1.29, 1.82) is 0 Å². The molecule has 0 bridgehead atoms. The number of hydrogen-bond donors (Lipinski definition) is 4. The Morgan fingerprint density at radius 2 is 1.12 bits per heavy atom. The molecule has 2 heterocycles. The number of rotatable bonds is 9. The second-order valence-electron chi connectivity index (χ2n) is 10.2. The van der Waals surface area contributed by atoms with Gasteiger partial charge in [-0.15, -0.1) is 12.4 Å². The highest BCUT2D eigenvalue weighted by Crippen LogP contribution is 2.32. The first-order valence-electron chi connectivity index (χ1n) is 14.8. The van der Waals surface area contributed by atoms with E-state index in [4.69, 9.17) is 16.4 Å². The molecule has 0 aliphatic carbocycles. The van der Waals surface area contributed by atoms with Crippen molar-refractivity contribution < 1.29 is 21.9 Å². The minimum absolute atomic E-state index is 0. The van der Waals surface area contributed by atoms with Crippen LogP contribution in [0.3, 0.4) is 0 Å². The first kappa shape index (κ1) is 40.6. The fourth-order valence-electron chi connectivity index (χ4n) is 5.12. The fourth-order valence-corrected chi connectivity index (χ4v) is 8.10. The van der Waals surface area contributed by atoms with Gasteiger partial charge in [-0.1, -0.05) is 73.2 Å². The Kier molecular flexibility index (Phi) is 15.6. The molecule has 11 nitrogen and oxygen atoms in total. The van der Waals surface area contributed by atoms with Gasteiger partial charge < -0.3 is 20.8 Å². The zero-order valence-corrected chi connectivity index (χ0v) is 28.6. The molecule has 0 atom stereocenters. The lowest BCUT2D eigenvalue weighted by molar-refractivity contribution is 0.318. The van der Waals surface area contributed by atoms with E-state index in [1.54, 1.807) is 73.8 Å². The van der Waals surface area contributed by atoms with Crippen LogP contribution in [0.1, 0.15) is 25.5 Å². The van der Waals surface area contributed by atoms with Gasteiger partial charge in [-0.05, 0) is 79.4 Å². The molecule has 0 fully saturated rings. The number of hydrogen-bond acceptors (Lipinski definition) is 7. The van der Waals surface area contributed by atoms with Crippen molar-refractivity contribution in [3.05, 3.63) is 131 Å². The average molecular weight is 725 g/mol. The van der Waals surface area contributed by atoms with Crippen LogP contribution in [-0.2, 0) is 32.5 Å². The molecule has 0 saturated carbocycles. The molecule has 0 aliphatic heterocycles. The van der Waals surface area contributed by atoms with Crippen LogP contribution in [0.4, 0.5) is 0 Å². The number of sulfone groups is 2. The van der Waals surface area contributed by atoms with Crippen molar-refractivity contribution in [3.8, 4) is 0 Å². The van der Waals surface area contributed by atoms with E-state index in [1.165, 1.54) is 6.20 Å². The summed E-state index contributed by atoms with van der Waals surface area (Å²) in [6, 6.07) is 28.0. The molecule has 49 heavy (non-hydrogen) atoms. The normalized spacial score (nSPS) is 10.8. The molecule has 6 rings (SSSR count). The third kappa shape index (κ3) is 9.30. The average Bonchev–Trinajstić information content (AvgIpc) is 3.74. The standard InChI is InChI=1S/C16H14N4O2S.C16H16N2O2S.C2H6O.CH4.ClH/c17-20-19-10-9-12-5-4-8-14-16(12)15(11-18-14)23(21,22)13-6-2-1-3-7-13;17-10-9-12-5-4-8-14-16(12)15(11-18-14)21(19,20)13-6-2-1-3-7-13;1-2-3;;/h1-8,11,18H,9-10H2;1-8,11,18H,9-10,17H2;3H,2H2,1H3;1H4;1H. The number of aromatic amines is 2. The van der Waals surface area contributed by atoms with Crippen LogP contribution in [0.25, 0.3) is 32.2 Å². The molecule has 0 radical (unpaired) electrons. The molecule has 5 N–H and O–H groups in total. The molecule has 2 aromatic heterocycles. The predicted molar refractivity (Wildman–Crippen MR) is 198 cm³/mol. The first-order valence-corrected chi connectivity index (χ1v) is 17.8. The molecule has 0 saturated heterocycles. The van der Waals surface area contributed by atoms with Crippen LogP contribution >= 0.6 is 12.4 Å². The molecule has 6 aromatic rings. The highest BCUT2D eigenvalue weighted by Gasteiger charge is 2.24. The second kappa shape index (κ2) is 18.8. The van der Waals surface area contributed by atoms with Gasteiger partial charge in [-0.25, -0.2) is 16.8 Å². The molecule has 0 aliphatic rings. The Balaban J connectivity index is 0.000000304. The Labute approximate surface area is 293 Å². The number of benzene rings is 4. The molecular weight excluding hydrogens is 684 g/mol. The third-order valence-electron chi connectivity index (χ3n) is 7.16. The highest BCUT2D eigenvalue weighted by atomic mass is 35.5. The first-order chi connectivity index (χ1) is 22.7. The second-order valence-corrected chi connectivity index (χ2v) is 14.0. The molecule has 0 spiro atoms. The van der Waals surface area contributed by atoms with Crippen LogP contribution < -0.4 is 5.73 Å². The molecule has 14 heteroatoms. The summed E-state index contributed by atoms with van der Waals surface area (Å²) in [6.45, 7) is 2.70. The van der Waals surface area contributed by atoms with Crippen LogP contribution in [0.15, 0.2) is 134 Å². The van der Waals surface area contributed by atoms with Gasteiger partial charge in [0.25, 0.3) is 0 Å². The fraction of sp³-hybridized carbons (Fsp3) is 0.200. The van der Waals surface area contributed by atoms with Gasteiger partial charge in [-0.3, -0.25) is 0 Å². The maximum Gasteiger partial charge on any atom is 0.208 e.